The van der Waals surface area contributed by atoms with E-state index in [1.807, 2.05) is 18.3 Å². The zero-order chi connectivity index (χ0) is 24.0. The molecule has 1 saturated heterocycles. The van der Waals surface area contributed by atoms with Gasteiger partial charge in [0.1, 0.15) is 0 Å². The first-order chi connectivity index (χ1) is 15.7. The predicted molar refractivity (Wildman–Crippen MR) is 135 cm³/mol. The van der Waals surface area contributed by atoms with Crippen molar-refractivity contribution in [3.05, 3.63) is 48.4 Å². The summed E-state index contributed by atoms with van der Waals surface area (Å²) in [5.74, 6) is -0.210. The van der Waals surface area contributed by atoms with E-state index >= 15 is 0 Å². The number of aromatic amines is 1. The second-order valence-corrected chi connectivity index (χ2v) is 9.56. The van der Waals surface area contributed by atoms with Gasteiger partial charge in [-0.25, -0.2) is 4.99 Å². The number of unbranched alkanes of at least 4 members (excludes halogenated alkanes) is 1. The van der Waals surface area contributed by atoms with Gasteiger partial charge < -0.3 is 19.9 Å². The van der Waals surface area contributed by atoms with Gasteiger partial charge in [0.25, 0.3) is 11.9 Å². The molecule has 1 unspecified atom stereocenters. The van der Waals surface area contributed by atoms with Crippen molar-refractivity contribution < 1.29 is 9.53 Å². The average Bonchev–Trinajstić information content (AvgIpc) is 3.20. The number of benzene rings is 1. The molecule has 33 heavy (non-hydrogen) atoms. The van der Waals surface area contributed by atoms with Crippen LogP contribution < -0.4 is 5.32 Å². The van der Waals surface area contributed by atoms with Crippen molar-refractivity contribution in [2.75, 3.05) is 33.7 Å². The molecule has 3 rings (SSSR count). The molecule has 1 aromatic heterocycles. The van der Waals surface area contributed by atoms with Gasteiger partial charge in [-0.1, -0.05) is 44.5 Å². The summed E-state index contributed by atoms with van der Waals surface area (Å²) in [6.45, 7) is 12.9. The number of para-hydroxylation sites is 1. The van der Waals surface area contributed by atoms with E-state index in [0.29, 0.717) is 6.02 Å². The highest BCUT2D eigenvalue weighted by Crippen LogP contribution is 2.22. The number of nitrogens with zero attached hydrogens (tertiary/aromatic N) is 3. The Morgan fingerprint density at radius 2 is 2.09 bits per heavy atom. The second kappa shape index (κ2) is 10.9. The van der Waals surface area contributed by atoms with Crippen molar-refractivity contribution in [1.82, 2.24) is 20.1 Å². The van der Waals surface area contributed by atoms with Gasteiger partial charge in [0.05, 0.1) is 0 Å². The number of piperazine rings is 1. The van der Waals surface area contributed by atoms with Gasteiger partial charge in [0, 0.05) is 55.4 Å². The summed E-state index contributed by atoms with van der Waals surface area (Å²) in [5.41, 5.74) is 2.31. The van der Waals surface area contributed by atoms with Gasteiger partial charge in [-0.2, -0.15) is 0 Å². The van der Waals surface area contributed by atoms with Gasteiger partial charge in [-0.05, 0) is 45.4 Å². The number of likely N-dealkylation sites (N-methyl/N-ethyl adjacent to an activating group) is 1. The Morgan fingerprint density at radius 3 is 2.79 bits per heavy atom. The highest BCUT2D eigenvalue weighted by Gasteiger charge is 2.33. The Balaban J connectivity index is 1.64. The molecule has 2 N–H and O–H groups in total. The molecule has 1 amide bonds. The number of ether oxygens (including phenoxy) is 1. The molecule has 7 heteroatoms. The molecule has 2 aromatic rings. The summed E-state index contributed by atoms with van der Waals surface area (Å²) in [5, 5.41) is 4.35. The van der Waals surface area contributed by atoms with Crippen LogP contribution in [0.15, 0.2) is 47.8 Å². The van der Waals surface area contributed by atoms with Gasteiger partial charge in [0.15, 0.2) is 5.76 Å². The van der Waals surface area contributed by atoms with Gasteiger partial charge in [0.2, 0.25) is 0 Å². The van der Waals surface area contributed by atoms with Crippen LogP contribution in [-0.2, 0) is 16.0 Å². The Hall–Kier alpha value is -2.80. The zero-order valence-corrected chi connectivity index (χ0v) is 20.8. The molecular formula is C26H39N5O2. The van der Waals surface area contributed by atoms with Gasteiger partial charge >= 0.3 is 0 Å². The van der Waals surface area contributed by atoms with E-state index in [-0.39, 0.29) is 23.2 Å². The fraction of sp³-hybridized carbons (Fsp3) is 0.538. The standard InChI is InChI=1S/C26H39N5O2/c1-7-8-11-21(16-20-17-28-23-13-10-9-12-22(20)23)29-24(32)19(2)33-25(27-5)31-15-14-30(6)26(3,4)18-31/h9-10,12-13,17,21,28H,2,7-8,11,14-16,18H2,1,3-6H3,(H,29,32). The largest absolute Gasteiger partial charge is 0.421 e. The van der Waals surface area contributed by atoms with E-state index in [1.165, 1.54) is 10.9 Å². The Kier molecular flexibility index (Phi) is 8.19. The summed E-state index contributed by atoms with van der Waals surface area (Å²) < 4.78 is 5.89. The molecule has 0 aliphatic carbocycles. The minimum Gasteiger partial charge on any atom is -0.421 e. The van der Waals surface area contributed by atoms with Crippen LogP contribution in [-0.4, -0.2) is 72.0 Å². The number of carbonyl (C=O) groups excluding carboxylic acids is 1. The third-order valence-corrected chi connectivity index (χ3v) is 6.63. The van der Waals surface area contributed by atoms with Crippen LogP contribution >= 0.6 is 0 Å². The molecule has 0 saturated carbocycles. The summed E-state index contributed by atoms with van der Waals surface area (Å²) in [4.78, 5) is 25.0. The molecule has 1 atom stereocenters. The number of aliphatic imine (C=N–C) groups is 1. The first-order valence-electron chi connectivity index (χ1n) is 11.9. The lowest BCUT2D eigenvalue weighted by Crippen LogP contribution is -2.59. The highest BCUT2D eigenvalue weighted by molar-refractivity contribution is 5.94. The van der Waals surface area contributed by atoms with Crippen molar-refractivity contribution in [1.29, 1.82) is 0 Å². The number of hydrogen-bond donors (Lipinski definition) is 2. The number of amides is 1. The maximum absolute atomic E-state index is 13.0. The molecule has 180 valence electrons. The van der Waals surface area contributed by atoms with Gasteiger partial charge in [-0.3, -0.25) is 9.69 Å². The van der Waals surface area contributed by atoms with Crippen molar-refractivity contribution in [3.8, 4) is 0 Å². The number of fused-ring (bicyclic) bond motifs is 1. The molecular weight excluding hydrogens is 414 g/mol. The lowest BCUT2D eigenvalue weighted by Gasteiger charge is -2.45. The van der Waals surface area contributed by atoms with E-state index in [0.717, 1.165) is 50.8 Å². The Labute approximate surface area is 197 Å². The predicted octanol–water partition coefficient (Wildman–Crippen LogP) is 3.93. The number of carbonyl (C=O) groups is 1. The smallest absolute Gasteiger partial charge is 0.292 e. The number of nitrogens with one attached hydrogen (secondary N) is 2. The quantitative estimate of drug-likeness (QED) is 0.275. The lowest BCUT2D eigenvalue weighted by atomic mass is 10.00. The fourth-order valence-electron chi connectivity index (χ4n) is 4.32. The molecule has 1 aromatic carbocycles. The third-order valence-electron chi connectivity index (χ3n) is 6.63. The number of hydrogen-bond acceptors (Lipinski definition) is 4. The van der Waals surface area contributed by atoms with E-state index in [4.69, 9.17) is 4.74 Å². The summed E-state index contributed by atoms with van der Waals surface area (Å²) in [6.07, 6.45) is 5.81. The van der Waals surface area contributed by atoms with Crippen molar-refractivity contribution >= 4 is 22.8 Å². The zero-order valence-electron chi connectivity index (χ0n) is 20.8. The summed E-state index contributed by atoms with van der Waals surface area (Å²) in [6, 6.07) is 8.69. The SMILES string of the molecule is C=C(OC(=NC)N1CCN(C)C(C)(C)C1)C(=O)NC(CCCC)Cc1c[nH]c2ccccc12. The van der Waals surface area contributed by atoms with Crippen LogP contribution in [0.25, 0.3) is 10.9 Å². The minimum absolute atomic E-state index is 0.00147. The number of aromatic nitrogens is 1. The van der Waals surface area contributed by atoms with E-state index in [9.17, 15) is 4.79 Å². The third kappa shape index (κ3) is 6.16. The Bertz CT molecular complexity index is 993. The molecule has 0 bridgehead atoms. The fourth-order valence-corrected chi connectivity index (χ4v) is 4.32. The molecule has 1 aliphatic heterocycles. The van der Waals surface area contributed by atoms with E-state index in [1.54, 1.807) is 7.05 Å². The minimum atomic E-state index is -0.287. The average molecular weight is 454 g/mol. The summed E-state index contributed by atoms with van der Waals surface area (Å²) in [7, 11) is 3.81. The van der Waals surface area contributed by atoms with Crippen LogP contribution in [0.3, 0.4) is 0 Å². The highest BCUT2D eigenvalue weighted by atomic mass is 16.5. The lowest BCUT2D eigenvalue weighted by molar-refractivity contribution is -0.120. The maximum Gasteiger partial charge on any atom is 0.292 e. The molecule has 1 aliphatic rings. The van der Waals surface area contributed by atoms with Crippen LogP contribution in [0.4, 0.5) is 0 Å². The van der Waals surface area contributed by atoms with Crippen molar-refractivity contribution in [2.45, 2.75) is 58.0 Å². The molecule has 0 spiro atoms. The van der Waals surface area contributed by atoms with E-state index < -0.39 is 0 Å². The molecule has 7 nitrogen and oxygen atoms in total. The molecule has 1 fully saturated rings. The van der Waals surface area contributed by atoms with Gasteiger partial charge in [-0.15, -0.1) is 0 Å². The molecule has 2 heterocycles. The summed E-state index contributed by atoms with van der Waals surface area (Å²) >= 11 is 0. The number of H-pyrrole nitrogens is 1. The first kappa shape index (κ1) is 24.8. The normalized spacial score (nSPS) is 17.7. The van der Waals surface area contributed by atoms with E-state index in [2.05, 4.69) is 71.6 Å². The second-order valence-electron chi connectivity index (χ2n) is 9.56. The molecule has 0 radical (unpaired) electrons. The topological polar surface area (TPSA) is 73.0 Å². The van der Waals surface area contributed by atoms with Crippen molar-refractivity contribution in [3.63, 3.8) is 0 Å². The van der Waals surface area contributed by atoms with Crippen molar-refractivity contribution in [2.24, 2.45) is 4.99 Å². The monoisotopic (exact) mass is 453 g/mol. The number of rotatable bonds is 8. The van der Waals surface area contributed by atoms with Crippen LogP contribution in [0.2, 0.25) is 0 Å². The van der Waals surface area contributed by atoms with Crippen LogP contribution in [0, 0.1) is 0 Å². The Morgan fingerprint density at radius 1 is 1.33 bits per heavy atom. The van der Waals surface area contributed by atoms with Crippen LogP contribution in [0.1, 0.15) is 45.6 Å². The first-order valence-corrected chi connectivity index (χ1v) is 11.9. The maximum atomic E-state index is 13.0. The van der Waals surface area contributed by atoms with Crippen LogP contribution in [0.5, 0.6) is 0 Å². The number of amidine groups is 1.